The summed E-state index contributed by atoms with van der Waals surface area (Å²) in [5.74, 6) is -0.595. The first-order valence-corrected chi connectivity index (χ1v) is 8.01. The second-order valence-electron chi connectivity index (χ2n) is 5.34. The number of nitrogens with two attached hydrogens (primary N) is 1. The van der Waals surface area contributed by atoms with E-state index in [9.17, 15) is 14.0 Å². The Hall–Kier alpha value is -3.13. The summed E-state index contributed by atoms with van der Waals surface area (Å²) in [6.07, 6.45) is 4.65. The van der Waals surface area contributed by atoms with Crippen LogP contribution >= 0.6 is 11.8 Å². The zero-order chi connectivity index (χ0) is 17.6. The van der Waals surface area contributed by atoms with Gasteiger partial charge in [0.05, 0.1) is 10.6 Å². The maximum absolute atomic E-state index is 13.8. The third-order valence-corrected chi connectivity index (χ3v) is 4.48. The molecule has 6 nitrogen and oxygen atoms in total. The number of amides is 2. The van der Waals surface area contributed by atoms with Gasteiger partial charge in [-0.15, -0.1) is 0 Å². The molecule has 25 heavy (non-hydrogen) atoms. The number of carbonyl (C=O) groups is 2. The summed E-state index contributed by atoms with van der Waals surface area (Å²) in [4.78, 5) is 27.2. The van der Waals surface area contributed by atoms with Gasteiger partial charge in [-0.2, -0.15) is 0 Å². The highest BCUT2D eigenvalue weighted by atomic mass is 32.2. The van der Waals surface area contributed by atoms with Crippen LogP contribution in [0.1, 0.15) is 5.76 Å². The lowest BCUT2D eigenvalue weighted by atomic mass is 10.1. The molecule has 0 radical (unpaired) electrons. The van der Waals surface area contributed by atoms with Crippen LogP contribution in [0.4, 0.5) is 14.9 Å². The monoisotopic (exact) mass is 355 g/mol. The minimum Gasteiger partial charge on any atom is -0.456 e. The summed E-state index contributed by atoms with van der Waals surface area (Å²) < 4.78 is 19.6. The maximum Gasteiger partial charge on any atom is 0.290 e. The number of carbonyl (C=O) groups excluding carboxylic acids is 2. The molecule has 1 fully saturated rings. The van der Waals surface area contributed by atoms with E-state index < -0.39 is 17.0 Å². The topological polar surface area (TPSA) is 98.2 Å². The van der Waals surface area contributed by atoms with Gasteiger partial charge in [-0.3, -0.25) is 19.9 Å². The minimum absolute atomic E-state index is 0.0580. The molecule has 1 aromatic carbocycles. The van der Waals surface area contributed by atoms with Crippen molar-refractivity contribution >= 4 is 45.6 Å². The number of anilines is 1. The first-order chi connectivity index (χ1) is 12.0. The normalized spacial score (nSPS) is 16.0. The molecule has 0 saturated carbocycles. The number of hydrogen-bond acceptors (Lipinski definition) is 6. The van der Waals surface area contributed by atoms with Crippen molar-refractivity contribution in [3.8, 4) is 11.1 Å². The van der Waals surface area contributed by atoms with Gasteiger partial charge in [-0.25, -0.2) is 4.39 Å². The molecule has 3 aromatic rings. The number of furan rings is 1. The Morgan fingerprint density at radius 1 is 1.24 bits per heavy atom. The van der Waals surface area contributed by atoms with Crippen LogP contribution in [-0.4, -0.2) is 16.1 Å². The molecule has 8 heteroatoms. The summed E-state index contributed by atoms with van der Waals surface area (Å²) in [6.45, 7) is 0. The standard InChI is InChI=1S/C17H10FN3O3S/c18-12-4-8(1-2-13(12)19)11-7-20-6-9-3-10(24-15(9)11)5-14-16(22)21-17(23)25-14/h1-7H,19H2,(H,21,22,23)/b14-5+. The van der Waals surface area contributed by atoms with E-state index >= 15 is 0 Å². The largest absolute Gasteiger partial charge is 0.456 e. The number of nitrogens with zero attached hydrogens (tertiary/aromatic N) is 1. The number of fused-ring (bicyclic) bond motifs is 1. The van der Waals surface area contributed by atoms with E-state index in [1.165, 1.54) is 18.2 Å². The second kappa shape index (κ2) is 5.75. The van der Waals surface area contributed by atoms with E-state index in [0.717, 1.165) is 11.8 Å². The van der Waals surface area contributed by atoms with Crippen LogP contribution in [0, 0.1) is 5.82 Å². The van der Waals surface area contributed by atoms with Gasteiger partial charge in [-0.1, -0.05) is 6.07 Å². The molecule has 0 aliphatic carbocycles. The van der Waals surface area contributed by atoms with Crippen molar-refractivity contribution in [3.05, 3.63) is 53.1 Å². The number of benzene rings is 1. The van der Waals surface area contributed by atoms with Gasteiger partial charge in [0, 0.05) is 29.4 Å². The molecule has 0 atom stereocenters. The van der Waals surface area contributed by atoms with Crippen molar-refractivity contribution in [3.63, 3.8) is 0 Å². The highest BCUT2D eigenvalue weighted by Crippen LogP contribution is 2.33. The SMILES string of the molecule is Nc1ccc(-c2cncc3cc(/C=C4/SC(=O)NC4=O)oc23)cc1F. The summed E-state index contributed by atoms with van der Waals surface area (Å²) in [5, 5.41) is 2.45. The number of pyridine rings is 1. The lowest BCUT2D eigenvalue weighted by Crippen LogP contribution is -2.17. The summed E-state index contributed by atoms with van der Waals surface area (Å²) >= 11 is 0.805. The number of nitrogens with one attached hydrogen (secondary N) is 1. The number of imide groups is 1. The number of rotatable bonds is 2. The van der Waals surface area contributed by atoms with Gasteiger partial charge in [0.2, 0.25) is 0 Å². The highest BCUT2D eigenvalue weighted by Gasteiger charge is 2.25. The van der Waals surface area contributed by atoms with E-state index in [2.05, 4.69) is 10.3 Å². The van der Waals surface area contributed by atoms with E-state index in [1.807, 2.05) is 0 Å². The van der Waals surface area contributed by atoms with E-state index in [4.69, 9.17) is 10.2 Å². The first kappa shape index (κ1) is 15.4. The number of aromatic nitrogens is 1. The molecule has 0 bridgehead atoms. The van der Waals surface area contributed by atoms with Gasteiger partial charge in [-0.05, 0) is 35.5 Å². The fourth-order valence-corrected chi connectivity index (χ4v) is 3.17. The third kappa shape index (κ3) is 2.76. The van der Waals surface area contributed by atoms with Gasteiger partial charge < -0.3 is 10.2 Å². The van der Waals surface area contributed by atoms with Crippen LogP contribution in [0.5, 0.6) is 0 Å². The summed E-state index contributed by atoms with van der Waals surface area (Å²) in [5.41, 5.74) is 7.24. The molecule has 124 valence electrons. The Bertz CT molecular complexity index is 1070. The Morgan fingerprint density at radius 2 is 2.08 bits per heavy atom. The summed E-state index contributed by atoms with van der Waals surface area (Å²) in [6, 6.07) is 6.16. The molecule has 3 N–H and O–H groups in total. The predicted octanol–water partition coefficient (Wildman–Crippen LogP) is 3.54. The number of halogens is 1. The number of nitrogen functional groups attached to an aromatic ring is 1. The van der Waals surface area contributed by atoms with E-state index in [-0.39, 0.29) is 10.6 Å². The van der Waals surface area contributed by atoms with E-state index in [0.29, 0.717) is 27.9 Å². The fraction of sp³-hybridized carbons (Fsp3) is 0. The highest BCUT2D eigenvalue weighted by molar-refractivity contribution is 8.18. The Labute approximate surface area is 144 Å². The van der Waals surface area contributed by atoms with Gasteiger partial charge in [0.25, 0.3) is 11.1 Å². The predicted molar refractivity (Wildman–Crippen MR) is 92.9 cm³/mol. The molecule has 0 spiro atoms. The molecular weight excluding hydrogens is 345 g/mol. The molecule has 1 aliphatic heterocycles. The first-order valence-electron chi connectivity index (χ1n) is 7.19. The quantitative estimate of drug-likeness (QED) is 0.539. The Morgan fingerprint density at radius 3 is 2.80 bits per heavy atom. The number of hydrogen-bond donors (Lipinski definition) is 2. The fourth-order valence-electron chi connectivity index (χ4n) is 2.50. The van der Waals surface area contributed by atoms with E-state index in [1.54, 1.807) is 24.5 Å². The van der Waals surface area contributed by atoms with Crippen LogP contribution in [0.25, 0.3) is 28.2 Å². The lowest BCUT2D eigenvalue weighted by Gasteiger charge is -2.03. The van der Waals surface area contributed by atoms with Crippen molar-refractivity contribution in [2.24, 2.45) is 0 Å². The molecule has 3 heterocycles. The Balaban J connectivity index is 1.81. The van der Waals surface area contributed by atoms with Gasteiger partial charge in [0.15, 0.2) is 0 Å². The molecule has 4 rings (SSSR count). The minimum atomic E-state index is -0.527. The zero-order valence-electron chi connectivity index (χ0n) is 12.6. The maximum atomic E-state index is 13.8. The van der Waals surface area contributed by atoms with Crippen LogP contribution < -0.4 is 11.1 Å². The van der Waals surface area contributed by atoms with Crippen LogP contribution in [0.2, 0.25) is 0 Å². The molecule has 0 unspecified atom stereocenters. The van der Waals surface area contributed by atoms with Gasteiger partial charge >= 0.3 is 0 Å². The van der Waals surface area contributed by atoms with Crippen LogP contribution in [0.15, 0.2) is 46.0 Å². The number of thioether (sulfide) groups is 1. The molecule has 2 aromatic heterocycles. The second-order valence-corrected chi connectivity index (χ2v) is 6.36. The van der Waals surface area contributed by atoms with Crippen molar-refractivity contribution in [1.82, 2.24) is 10.3 Å². The van der Waals surface area contributed by atoms with Crippen molar-refractivity contribution in [1.29, 1.82) is 0 Å². The van der Waals surface area contributed by atoms with Gasteiger partial charge in [0.1, 0.15) is 17.2 Å². The smallest absolute Gasteiger partial charge is 0.290 e. The molecule has 1 saturated heterocycles. The lowest BCUT2D eigenvalue weighted by molar-refractivity contribution is -0.115. The zero-order valence-corrected chi connectivity index (χ0v) is 13.4. The van der Waals surface area contributed by atoms with Crippen LogP contribution in [-0.2, 0) is 4.79 Å². The van der Waals surface area contributed by atoms with Crippen molar-refractivity contribution < 1.29 is 18.4 Å². The molecular formula is C17H10FN3O3S. The Kier molecular flexibility index (Phi) is 3.54. The molecule has 1 aliphatic rings. The third-order valence-electron chi connectivity index (χ3n) is 3.67. The average molecular weight is 355 g/mol. The molecule has 2 amide bonds. The van der Waals surface area contributed by atoms with Crippen LogP contribution in [0.3, 0.4) is 0 Å². The van der Waals surface area contributed by atoms with Crippen molar-refractivity contribution in [2.75, 3.05) is 5.73 Å². The van der Waals surface area contributed by atoms with Crippen molar-refractivity contribution in [2.45, 2.75) is 0 Å². The average Bonchev–Trinajstić information content (AvgIpc) is 3.12. The summed E-state index contributed by atoms with van der Waals surface area (Å²) in [7, 11) is 0.